The number of rotatable bonds is 15. The average Bonchev–Trinajstić information content (AvgIpc) is 3.46. The minimum absolute atomic E-state index is 0. The Bertz CT molecular complexity index is 993. The Morgan fingerprint density at radius 1 is 0.568 bits per heavy atom. The minimum atomic E-state index is -0.0298. The van der Waals surface area contributed by atoms with Gasteiger partial charge in [0.1, 0.15) is 11.5 Å². The SMILES string of the molecule is COc1ccc(C(=O)C(CCCCC(CN2CCCCCC2)C(=O)c2ccc(OC)cc2)CN2CCCCCC2)cc1.Cl.Cl. The van der Waals surface area contributed by atoms with E-state index in [1.807, 2.05) is 48.5 Å². The monoisotopic (exact) mass is 648 g/mol. The first-order valence-corrected chi connectivity index (χ1v) is 16.4. The Balaban J connectivity index is 0.00000337. The number of hydrogen-bond donors (Lipinski definition) is 0. The van der Waals surface area contributed by atoms with Crippen LogP contribution in [-0.2, 0) is 0 Å². The van der Waals surface area contributed by atoms with E-state index in [1.165, 1.54) is 51.4 Å². The maximum absolute atomic E-state index is 13.7. The molecule has 0 N–H and O–H groups in total. The van der Waals surface area contributed by atoms with Crippen molar-refractivity contribution in [3.05, 3.63) is 59.7 Å². The zero-order valence-electron chi connectivity index (χ0n) is 26.8. The van der Waals surface area contributed by atoms with Crippen molar-refractivity contribution in [2.24, 2.45) is 11.8 Å². The molecule has 0 aromatic heterocycles. The highest BCUT2D eigenvalue weighted by molar-refractivity contribution is 5.98. The molecule has 0 spiro atoms. The van der Waals surface area contributed by atoms with E-state index in [2.05, 4.69) is 9.80 Å². The lowest BCUT2D eigenvalue weighted by atomic mass is 9.88. The van der Waals surface area contributed by atoms with E-state index in [0.717, 1.165) is 87.6 Å². The molecule has 2 aromatic carbocycles. The van der Waals surface area contributed by atoms with Crippen molar-refractivity contribution < 1.29 is 19.1 Å². The Morgan fingerprint density at radius 3 is 1.18 bits per heavy atom. The van der Waals surface area contributed by atoms with Crippen molar-refractivity contribution in [3.8, 4) is 11.5 Å². The largest absolute Gasteiger partial charge is 0.497 e. The molecule has 0 amide bonds. The molecule has 2 fully saturated rings. The molecule has 0 aliphatic carbocycles. The number of unbranched alkanes of at least 4 members (excludes halogenated alkanes) is 1. The zero-order chi connectivity index (χ0) is 29.6. The molecule has 246 valence electrons. The van der Waals surface area contributed by atoms with Crippen molar-refractivity contribution >= 4 is 36.4 Å². The van der Waals surface area contributed by atoms with Gasteiger partial charge in [0.05, 0.1) is 14.2 Å². The molecule has 6 nitrogen and oxygen atoms in total. The molecule has 44 heavy (non-hydrogen) atoms. The number of ether oxygens (including phenoxy) is 2. The summed E-state index contributed by atoms with van der Waals surface area (Å²) < 4.78 is 10.6. The number of Topliss-reactive ketones (excluding diaryl/α,β-unsaturated/α-hetero) is 2. The van der Waals surface area contributed by atoms with Crippen molar-refractivity contribution in [1.82, 2.24) is 9.80 Å². The summed E-state index contributed by atoms with van der Waals surface area (Å²) in [7, 11) is 3.30. The molecule has 2 saturated heterocycles. The molecule has 2 heterocycles. The van der Waals surface area contributed by atoms with Crippen molar-refractivity contribution in [2.45, 2.75) is 77.0 Å². The standard InChI is InChI=1S/C36H52N2O4.2ClH/c1-41-33-19-15-29(16-20-33)35(39)31(27-37-23-9-3-4-10-24-37)13-7-8-14-32(28-38-25-11-5-6-12-26-38)36(40)30-17-21-34(42-2)22-18-30;;/h15-22,31-32H,3-14,23-28H2,1-2H3;2*1H. The lowest BCUT2D eigenvalue weighted by Gasteiger charge is -2.27. The fraction of sp³-hybridized carbons (Fsp3) is 0.611. The lowest BCUT2D eigenvalue weighted by Crippen LogP contribution is -2.35. The quantitative estimate of drug-likeness (QED) is 0.143. The maximum atomic E-state index is 13.7. The number of carbonyl (C=O) groups is 2. The van der Waals surface area contributed by atoms with E-state index in [0.29, 0.717) is 0 Å². The first-order chi connectivity index (χ1) is 20.6. The van der Waals surface area contributed by atoms with Crippen LogP contribution < -0.4 is 9.47 Å². The van der Waals surface area contributed by atoms with Gasteiger partial charge in [-0.05, 0) is 113 Å². The van der Waals surface area contributed by atoms with E-state index in [1.54, 1.807) is 14.2 Å². The van der Waals surface area contributed by atoms with Crippen LogP contribution in [0.2, 0.25) is 0 Å². The number of methoxy groups -OCH3 is 2. The molecule has 2 aliphatic rings. The van der Waals surface area contributed by atoms with Crippen LogP contribution in [0.3, 0.4) is 0 Å². The second-order valence-electron chi connectivity index (χ2n) is 12.3. The van der Waals surface area contributed by atoms with Crippen LogP contribution in [0.25, 0.3) is 0 Å². The third-order valence-corrected chi connectivity index (χ3v) is 9.20. The van der Waals surface area contributed by atoms with Gasteiger partial charge in [0.25, 0.3) is 0 Å². The van der Waals surface area contributed by atoms with Gasteiger partial charge in [-0.1, -0.05) is 38.5 Å². The zero-order valence-corrected chi connectivity index (χ0v) is 28.5. The summed E-state index contributed by atoms with van der Waals surface area (Å²) in [5, 5.41) is 0. The summed E-state index contributed by atoms with van der Waals surface area (Å²) in [5.41, 5.74) is 1.54. The Labute approximate surface area is 278 Å². The Kier molecular flexibility index (Phi) is 18.0. The number of ketones is 2. The van der Waals surface area contributed by atoms with E-state index < -0.39 is 0 Å². The first-order valence-electron chi connectivity index (χ1n) is 16.4. The maximum Gasteiger partial charge on any atom is 0.167 e. The van der Waals surface area contributed by atoms with Crippen LogP contribution in [0.1, 0.15) is 97.8 Å². The Hall–Kier alpha value is -2.12. The van der Waals surface area contributed by atoms with Crippen LogP contribution in [-0.4, -0.2) is 74.9 Å². The van der Waals surface area contributed by atoms with Gasteiger partial charge in [0.2, 0.25) is 0 Å². The van der Waals surface area contributed by atoms with Gasteiger partial charge >= 0.3 is 0 Å². The molecule has 2 unspecified atom stereocenters. The third-order valence-electron chi connectivity index (χ3n) is 9.20. The smallest absolute Gasteiger partial charge is 0.167 e. The van der Waals surface area contributed by atoms with Gasteiger partial charge in [-0.25, -0.2) is 0 Å². The molecule has 0 bridgehead atoms. The van der Waals surface area contributed by atoms with Gasteiger partial charge in [-0.15, -0.1) is 24.8 Å². The molecule has 4 rings (SSSR count). The van der Waals surface area contributed by atoms with E-state index in [9.17, 15) is 9.59 Å². The molecule has 2 atom stereocenters. The van der Waals surface area contributed by atoms with Crippen LogP contribution >= 0.6 is 24.8 Å². The second kappa shape index (κ2) is 20.8. The van der Waals surface area contributed by atoms with Crippen molar-refractivity contribution in [1.29, 1.82) is 0 Å². The molecule has 0 saturated carbocycles. The predicted molar refractivity (Wildman–Crippen MR) is 184 cm³/mol. The van der Waals surface area contributed by atoms with E-state index in [-0.39, 0.29) is 48.2 Å². The molecule has 2 aromatic rings. The van der Waals surface area contributed by atoms with Gasteiger partial charge in [-0.3, -0.25) is 9.59 Å². The molecular formula is C36H54Cl2N2O4. The summed E-state index contributed by atoms with van der Waals surface area (Å²) in [6.45, 7) is 5.99. The highest BCUT2D eigenvalue weighted by atomic mass is 35.5. The lowest BCUT2D eigenvalue weighted by molar-refractivity contribution is 0.0848. The van der Waals surface area contributed by atoms with Crippen molar-refractivity contribution in [2.75, 3.05) is 53.5 Å². The summed E-state index contributed by atoms with van der Waals surface area (Å²) in [6.07, 6.45) is 13.6. The number of halogens is 2. The number of nitrogens with zero attached hydrogens (tertiary/aromatic N) is 2. The second-order valence-corrected chi connectivity index (χ2v) is 12.3. The van der Waals surface area contributed by atoms with Gasteiger partial charge in [0.15, 0.2) is 11.6 Å². The summed E-state index contributed by atoms with van der Waals surface area (Å²) in [5.74, 6) is 1.95. The Morgan fingerprint density at radius 2 is 0.886 bits per heavy atom. The summed E-state index contributed by atoms with van der Waals surface area (Å²) in [6, 6.07) is 15.1. The third kappa shape index (κ3) is 12.0. The highest BCUT2D eigenvalue weighted by Gasteiger charge is 2.26. The fourth-order valence-corrected chi connectivity index (χ4v) is 6.63. The molecule has 2 aliphatic heterocycles. The average molecular weight is 650 g/mol. The normalized spacial score (nSPS) is 17.6. The van der Waals surface area contributed by atoms with E-state index in [4.69, 9.17) is 9.47 Å². The van der Waals surface area contributed by atoms with Crippen molar-refractivity contribution in [3.63, 3.8) is 0 Å². The van der Waals surface area contributed by atoms with Gasteiger partial charge in [0, 0.05) is 36.1 Å². The summed E-state index contributed by atoms with van der Waals surface area (Å²) in [4.78, 5) is 32.5. The number of benzene rings is 2. The topological polar surface area (TPSA) is 59.1 Å². The van der Waals surface area contributed by atoms with Crippen LogP contribution in [0, 0.1) is 11.8 Å². The minimum Gasteiger partial charge on any atom is -0.497 e. The van der Waals surface area contributed by atoms with E-state index >= 15 is 0 Å². The highest BCUT2D eigenvalue weighted by Crippen LogP contribution is 2.25. The molecular weight excluding hydrogens is 595 g/mol. The van der Waals surface area contributed by atoms with Gasteiger partial charge in [-0.2, -0.15) is 0 Å². The number of carbonyl (C=O) groups excluding carboxylic acids is 2. The van der Waals surface area contributed by atoms with Gasteiger partial charge < -0.3 is 19.3 Å². The number of likely N-dealkylation sites (tertiary alicyclic amines) is 2. The van der Waals surface area contributed by atoms with Crippen LogP contribution in [0.5, 0.6) is 11.5 Å². The van der Waals surface area contributed by atoms with Crippen LogP contribution in [0.15, 0.2) is 48.5 Å². The molecule has 8 heteroatoms. The number of hydrogen-bond acceptors (Lipinski definition) is 6. The predicted octanol–water partition coefficient (Wildman–Crippen LogP) is 8.16. The van der Waals surface area contributed by atoms with Crippen LogP contribution in [0.4, 0.5) is 0 Å². The fourth-order valence-electron chi connectivity index (χ4n) is 6.63. The molecule has 0 radical (unpaired) electrons. The summed E-state index contributed by atoms with van der Waals surface area (Å²) >= 11 is 0. The first kappa shape index (κ1) is 38.1.